The monoisotopic (exact) mass is 398 g/mol. The highest BCUT2D eigenvalue weighted by atomic mass is 16.5. The van der Waals surface area contributed by atoms with Crippen molar-refractivity contribution in [1.29, 1.82) is 0 Å². The summed E-state index contributed by atoms with van der Waals surface area (Å²) in [5.74, 6) is -2.18. The van der Waals surface area contributed by atoms with Gasteiger partial charge in [0.05, 0.1) is 0 Å². The molecule has 0 spiro atoms. The lowest BCUT2D eigenvalue weighted by Gasteiger charge is -2.21. The molecule has 0 aromatic carbocycles. The van der Waals surface area contributed by atoms with E-state index in [1.807, 2.05) is 27.7 Å². The van der Waals surface area contributed by atoms with Crippen molar-refractivity contribution in [2.45, 2.75) is 53.4 Å². The van der Waals surface area contributed by atoms with E-state index in [2.05, 4.69) is 0 Å². The summed E-state index contributed by atoms with van der Waals surface area (Å²) < 4.78 is 9.71. The standard InChI is InChI=1S/C20H34N2O6/c1-5-11-21(12-6-2)17(23)15-27-19(25)9-10-20(26)28-16-18(24)22(13-7-3)14-8-4/h9-10H,5-8,11-16H2,1-4H3/b10-9+. The number of nitrogens with zero attached hydrogens (tertiary/aromatic N) is 2. The third kappa shape index (κ3) is 11.4. The van der Waals surface area contributed by atoms with Crippen LogP contribution in [0.2, 0.25) is 0 Å². The van der Waals surface area contributed by atoms with Crippen molar-refractivity contribution < 1.29 is 28.7 Å². The van der Waals surface area contributed by atoms with Gasteiger partial charge < -0.3 is 19.3 Å². The Morgan fingerprint density at radius 2 is 0.893 bits per heavy atom. The molecule has 0 fully saturated rings. The van der Waals surface area contributed by atoms with Crippen LogP contribution in [0.1, 0.15) is 53.4 Å². The molecule has 0 N–H and O–H groups in total. The Morgan fingerprint density at radius 1 is 0.607 bits per heavy atom. The van der Waals surface area contributed by atoms with Gasteiger partial charge in [-0.1, -0.05) is 27.7 Å². The van der Waals surface area contributed by atoms with Gasteiger partial charge >= 0.3 is 11.9 Å². The van der Waals surface area contributed by atoms with E-state index in [4.69, 9.17) is 9.47 Å². The fourth-order valence-electron chi connectivity index (χ4n) is 2.48. The molecule has 2 amide bonds. The first-order valence-corrected chi connectivity index (χ1v) is 9.96. The van der Waals surface area contributed by atoms with Crippen LogP contribution in [0.4, 0.5) is 0 Å². The van der Waals surface area contributed by atoms with Crippen LogP contribution in [0.5, 0.6) is 0 Å². The Morgan fingerprint density at radius 3 is 1.14 bits per heavy atom. The van der Waals surface area contributed by atoms with Crippen LogP contribution < -0.4 is 0 Å². The number of ether oxygens (including phenoxy) is 2. The molecule has 0 bridgehead atoms. The van der Waals surface area contributed by atoms with Gasteiger partial charge in [-0.3, -0.25) is 9.59 Å². The Kier molecular flexibility index (Phi) is 14.3. The highest BCUT2D eigenvalue weighted by Crippen LogP contribution is 1.98. The van der Waals surface area contributed by atoms with E-state index < -0.39 is 11.9 Å². The zero-order valence-corrected chi connectivity index (χ0v) is 17.6. The Bertz CT molecular complexity index is 475. The third-order valence-electron chi connectivity index (χ3n) is 3.71. The summed E-state index contributed by atoms with van der Waals surface area (Å²) in [7, 11) is 0. The summed E-state index contributed by atoms with van der Waals surface area (Å²) in [6, 6.07) is 0. The lowest BCUT2D eigenvalue weighted by molar-refractivity contribution is -0.149. The minimum Gasteiger partial charge on any atom is -0.452 e. The zero-order chi connectivity index (χ0) is 21.4. The summed E-state index contributed by atoms with van der Waals surface area (Å²) in [5.41, 5.74) is 0. The van der Waals surface area contributed by atoms with Gasteiger partial charge in [0, 0.05) is 38.3 Å². The van der Waals surface area contributed by atoms with Crippen LogP contribution in [-0.2, 0) is 28.7 Å². The number of amides is 2. The second kappa shape index (κ2) is 15.7. The number of hydrogen-bond acceptors (Lipinski definition) is 6. The van der Waals surface area contributed by atoms with Crippen LogP contribution in [0, 0.1) is 0 Å². The van der Waals surface area contributed by atoms with Crippen molar-refractivity contribution in [1.82, 2.24) is 9.80 Å². The van der Waals surface area contributed by atoms with Crippen LogP contribution in [0.25, 0.3) is 0 Å². The molecule has 0 heterocycles. The number of hydrogen-bond donors (Lipinski definition) is 0. The molecule has 0 unspecified atom stereocenters. The van der Waals surface area contributed by atoms with Crippen molar-refractivity contribution in [2.24, 2.45) is 0 Å². The predicted octanol–water partition coefficient (Wildman–Crippen LogP) is 1.93. The molecule has 0 aliphatic rings. The van der Waals surface area contributed by atoms with Crippen LogP contribution in [0.3, 0.4) is 0 Å². The van der Waals surface area contributed by atoms with E-state index in [0.29, 0.717) is 26.2 Å². The van der Waals surface area contributed by atoms with Crippen LogP contribution in [-0.4, -0.2) is 72.9 Å². The fraction of sp³-hybridized carbons (Fsp3) is 0.700. The molecule has 0 rings (SSSR count). The van der Waals surface area contributed by atoms with E-state index in [-0.39, 0.29) is 25.0 Å². The van der Waals surface area contributed by atoms with Gasteiger partial charge in [-0.2, -0.15) is 0 Å². The highest BCUT2D eigenvalue weighted by molar-refractivity contribution is 5.93. The van der Waals surface area contributed by atoms with Crippen molar-refractivity contribution in [3.05, 3.63) is 12.2 Å². The van der Waals surface area contributed by atoms with E-state index in [0.717, 1.165) is 37.8 Å². The highest BCUT2D eigenvalue weighted by Gasteiger charge is 2.15. The average molecular weight is 399 g/mol. The topological polar surface area (TPSA) is 93.2 Å². The first-order chi connectivity index (χ1) is 13.4. The molecule has 8 heteroatoms. The maximum atomic E-state index is 12.0. The molecule has 0 atom stereocenters. The molecule has 0 aliphatic carbocycles. The van der Waals surface area contributed by atoms with Gasteiger partial charge in [0.15, 0.2) is 13.2 Å². The average Bonchev–Trinajstić information content (AvgIpc) is 2.68. The van der Waals surface area contributed by atoms with Crippen LogP contribution >= 0.6 is 0 Å². The molecular formula is C20H34N2O6. The molecule has 0 aromatic heterocycles. The fourth-order valence-corrected chi connectivity index (χ4v) is 2.48. The minimum atomic E-state index is -0.817. The van der Waals surface area contributed by atoms with Gasteiger partial charge in [0.25, 0.3) is 11.8 Å². The first kappa shape index (κ1) is 25.6. The second-order valence-electron chi connectivity index (χ2n) is 6.31. The Labute approximate surface area is 167 Å². The number of carbonyl (C=O) groups is 4. The quantitative estimate of drug-likeness (QED) is 0.328. The molecule has 0 aromatic rings. The Balaban J connectivity index is 4.33. The molecule has 8 nitrogen and oxygen atoms in total. The van der Waals surface area contributed by atoms with Gasteiger partial charge in [-0.15, -0.1) is 0 Å². The molecule has 0 saturated heterocycles. The van der Waals surface area contributed by atoms with Gasteiger partial charge in [-0.05, 0) is 25.7 Å². The predicted molar refractivity (Wildman–Crippen MR) is 105 cm³/mol. The zero-order valence-electron chi connectivity index (χ0n) is 17.6. The van der Waals surface area contributed by atoms with E-state index in [1.54, 1.807) is 9.80 Å². The molecule has 0 aliphatic heterocycles. The van der Waals surface area contributed by atoms with Gasteiger partial charge in [0.2, 0.25) is 0 Å². The van der Waals surface area contributed by atoms with Crippen molar-refractivity contribution in [3.8, 4) is 0 Å². The minimum absolute atomic E-state index is 0.273. The summed E-state index contributed by atoms with van der Waals surface area (Å²) in [6.45, 7) is 9.52. The maximum Gasteiger partial charge on any atom is 0.331 e. The van der Waals surface area contributed by atoms with Gasteiger partial charge in [-0.25, -0.2) is 9.59 Å². The number of carbonyl (C=O) groups excluding carboxylic acids is 4. The smallest absolute Gasteiger partial charge is 0.331 e. The van der Waals surface area contributed by atoms with E-state index in [9.17, 15) is 19.2 Å². The molecule has 160 valence electrons. The largest absolute Gasteiger partial charge is 0.452 e. The summed E-state index contributed by atoms with van der Waals surface area (Å²) in [4.78, 5) is 50.6. The molecule has 0 radical (unpaired) electrons. The summed E-state index contributed by atoms with van der Waals surface area (Å²) in [6.07, 6.45) is 5.05. The lowest BCUT2D eigenvalue weighted by atomic mass is 10.3. The third-order valence-corrected chi connectivity index (χ3v) is 3.71. The first-order valence-electron chi connectivity index (χ1n) is 9.96. The van der Waals surface area contributed by atoms with Gasteiger partial charge in [0.1, 0.15) is 0 Å². The molecular weight excluding hydrogens is 364 g/mol. The summed E-state index contributed by atoms with van der Waals surface area (Å²) >= 11 is 0. The van der Waals surface area contributed by atoms with Crippen molar-refractivity contribution in [3.63, 3.8) is 0 Å². The van der Waals surface area contributed by atoms with E-state index in [1.165, 1.54) is 0 Å². The second-order valence-corrected chi connectivity index (χ2v) is 6.31. The lowest BCUT2D eigenvalue weighted by Crippen LogP contribution is -2.36. The molecule has 28 heavy (non-hydrogen) atoms. The maximum absolute atomic E-state index is 12.0. The normalized spacial score (nSPS) is 10.6. The number of esters is 2. The number of rotatable bonds is 14. The molecule has 0 saturated carbocycles. The van der Waals surface area contributed by atoms with Crippen molar-refractivity contribution in [2.75, 3.05) is 39.4 Å². The summed E-state index contributed by atoms with van der Waals surface area (Å²) in [5, 5.41) is 0. The van der Waals surface area contributed by atoms with E-state index >= 15 is 0 Å². The Hall–Kier alpha value is -2.38. The SMILES string of the molecule is CCCN(CCC)C(=O)COC(=O)/C=C/C(=O)OCC(=O)N(CCC)CCC. The van der Waals surface area contributed by atoms with Crippen LogP contribution in [0.15, 0.2) is 12.2 Å². The van der Waals surface area contributed by atoms with Crippen molar-refractivity contribution >= 4 is 23.8 Å².